The summed E-state index contributed by atoms with van der Waals surface area (Å²) in [6.45, 7) is 2.04. The molecule has 112 valence electrons. The summed E-state index contributed by atoms with van der Waals surface area (Å²) in [4.78, 5) is 1.27. The van der Waals surface area contributed by atoms with Gasteiger partial charge in [-0.3, -0.25) is 0 Å². The quantitative estimate of drug-likeness (QED) is 0.612. The Morgan fingerprint density at radius 1 is 1.00 bits per heavy atom. The van der Waals surface area contributed by atoms with Crippen LogP contribution in [0.1, 0.15) is 11.1 Å². The third kappa shape index (κ3) is 3.54. The first-order valence-electron chi connectivity index (χ1n) is 6.91. The van der Waals surface area contributed by atoms with Crippen molar-refractivity contribution in [3.8, 4) is 11.5 Å². The van der Waals surface area contributed by atoms with Crippen LogP contribution in [0.4, 0.5) is 0 Å². The first-order chi connectivity index (χ1) is 10.8. The van der Waals surface area contributed by atoms with E-state index in [-0.39, 0.29) is 0 Å². The summed E-state index contributed by atoms with van der Waals surface area (Å²) < 4.78 is 5.75. The summed E-state index contributed by atoms with van der Waals surface area (Å²) in [5, 5.41) is 8.87. The zero-order chi connectivity index (χ0) is 15.4. The molecule has 1 heterocycles. The molecule has 5 heteroatoms. The van der Waals surface area contributed by atoms with Crippen molar-refractivity contribution in [2.75, 3.05) is 6.26 Å². The van der Waals surface area contributed by atoms with E-state index in [0.717, 1.165) is 16.9 Å². The van der Waals surface area contributed by atoms with Gasteiger partial charge in [-0.25, -0.2) is 0 Å². The number of aryl methyl sites for hydroxylation is 1. The van der Waals surface area contributed by atoms with Crippen LogP contribution in [0.2, 0.25) is 0 Å². The van der Waals surface area contributed by atoms with Crippen molar-refractivity contribution in [1.29, 1.82) is 0 Å². The molecule has 0 aliphatic rings. The molecular formula is C17H16N2OS2. The molecule has 0 aliphatic carbocycles. The van der Waals surface area contributed by atoms with Crippen LogP contribution in [0.5, 0.6) is 0 Å². The third-order valence-electron chi connectivity index (χ3n) is 3.30. The molecule has 0 unspecified atom stereocenters. The SMILES string of the molecule is CSc1ccc(CSc2nnc(-c3ccccc3C)o2)cc1. The molecule has 22 heavy (non-hydrogen) atoms. The summed E-state index contributed by atoms with van der Waals surface area (Å²) in [7, 11) is 0. The topological polar surface area (TPSA) is 38.9 Å². The van der Waals surface area contributed by atoms with Gasteiger partial charge in [0.1, 0.15) is 0 Å². The second-order valence-corrected chi connectivity index (χ2v) is 6.63. The van der Waals surface area contributed by atoms with Gasteiger partial charge >= 0.3 is 0 Å². The fraction of sp³-hybridized carbons (Fsp3) is 0.176. The smallest absolute Gasteiger partial charge is 0.277 e. The van der Waals surface area contributed by atoms with Crippen LogP contribution in [0.25, 0.3) is 11.5 Å². The molecule has 0 amide bonds. The molecule has 0 fully saturated rings. The van der Waals surface area contributed by atoms with Gasteiger partial charge in [0.2, 0.25) is 5.89 Å². The molecule has 0 N–H and O–H groups in total. The average molecular weight is 328 g/mol. The molecule has 3 aromatic rings. The number of hydrogen-bond donors (Lipinski definition) is 0. The van der Waals surface area contributed by atoms with Crippen molar-refractivity contribution in [3.05, 3.63) is 59.7 Å². The Morgan fingerprint density at radius 3 is 2.50 bits per heavy atom. The maximum atomic E-state index is 5.75. The lowest BCUT2D eigenvalue weighted by Crippen LogP contribution is -1.81. The highest BCUT2D eigenvalue weighted by atomic mass is 32.2. The summed E-state index contributed by atoms with van der Waals surface area (Å²) in [6.07, 6.45) is 2.08. The maximum Gasteiger partial charge on any atom is 0.277 e. The molecule has 3 rings (SSSR count). The third-order valence-corrected chi connectivity index (χ3v) is 4.94. The zero-order valence-corrected chi connectivity index (χ0v) is 14.1. The monoisotopic (exact) mass is 328 g/mol. The van der Waals surface area contributed by atoms with E-state index in [1.807, 2.05) is 31.2 Å². The molecule has 3 nitrogen and oxygen atoms in total. The van der Waals surface area contributed by atoms with E-state index in [1.54, 1.807) is 23.5 Å². The number of rotatable bonds is 5. The largest absolute Gasteiger partial charge is 0.411 e. The Bertz CT molecular complexity index is 753. The van der Waals surface area contributed by atoms with Gasteiger partial charge in [-0.15, -0.1) is 22.0 Å². The van der Waals surface area contributed by atoms with Crippen LogP contribution in [-0.4, -0.2) is 16.5 Å². The van der Waals surface area contributed by atoms with Crippen molar-refractivity contribution in [2.45, 2.75) is 22.8 Å². The van der Waals surface area contributed by atoms with E-state index in [9.17, 15) is 0 Å². The van der Waals surface area contributed by atoms with E-state index in [2.05, 4.69) is 40.7 Å². The van der Waals surface area contributed by atoms with Crippen LogP contribution in [0, 0.1) is 6.92 Å². The Balaban J connectivity index is 1.68. The van der Waals surface area contributed by atoms with Gasteiger partial charge in [-0.05, 0) is 42.5 Å². The number of nitrogens with zero attached hydrogens (tertiary/aromatic N) is 2. The number of thioether (sulfide) groups is 2. The highest BCUT2D eigenvalue weighted by molar-refractivity contribution is 7.98. The number of benzene rings is 2. The number of hydrogen-bond acceptors (Lipinski definition) is 5. The molecule has 0 saturated heterocycles. The fourth-order valence-corrected chi connectivity index (χ4v) is 3.18. The first kappa shape index (κ1) is 15.2. The Hall–Kier alpha value is -1.72. The van der Waals surface area contributed by atoms with E-state index in [4.69, 9.17) is 4.42 Å². The van der Waals surface area contributed by atoms with E-state index < -0.39 is 0 Å². The first-order valence-corrected chi connectivity index (χ1v) is 9.12. The van der Waals surface area contributed by atoms with Gasteiger partial charge in [0.05, 0.1) is 0 Å². The van der Waals surface area contributed by atoms with Crippen LogP contribution in [0.3, 0.4) is 0 Å². The molecule has 0 aliphatic heterocycles. The van der Waals surface area contributed by atoms with E-state index in [0.29, 0.717) is 11.1 Å². The predicted molar refractivity (Wildman–Crippen MR) is 92.3 cm³/mol. The lowest BCUT2D eigenvalue weighted by molar-refractivity contribution is 0.465. The molecule has 0 atom stereocenters. The van der Waals surface area contributed by atoms with Gasteiger partial charge in [-0.1, -0.05) is 42.1 Å². The van der Waals surface area contributed by atoms with Gasteiger partial charge in [-0.2, -0.15) is 0 Å². The Kier molecular flexibility index (Phi) is 4.85. The van der Waals surface area contributed by atoms with E-state index >= 15 is 0 Å². The normalized spacial score (nSPS) is 10.8. The number of aromatic nitrogens is 2. The van der Waals surface area contributed by atoms with Crippen molar-refractivity contribution < 1.29 is 4.42 Å². The van der Waals surface area contributed by atoms with E-state index in [1.165, 1.54) is 10.5 Å². The van der Waals surface area contributed by atoms with Gasteiger partial charge in [0.15, 0.2) is 0 Å². The summed E-state index contributed by atoms with van der Waals surface area (Å²) >= 11 is 3.31. The van der Waals surface area contributed by atoms with Crippen LogP contribution < -0.4 is 0 Å². The van der Waals surface area contributed by atoms with Crippen LogP contribution in [0.15, 0.2) is 63.1 Å². The molecular weight excluding hydrogens is 312 g/mol. The predicted octanol–water partition coefficient (Wildman–Crippen LogP) is 5.06. The van der Waals surface area contributed by atoms with Gasteiger partial charge < -0.3 is 4.42 Å². The van der Waals surface area contributed by atoms with Crippen molar-refractivity contribution in [2.24, 2.45) is 0 Å². The molecule has 0 spiro atoms. The van der Waals surface area contributed by atoms with Crippen LogP contribution >= 0.6 is 23.5 Å². The Morgan fingerprint density at radius 2 is 1.77 bits per heavy atom. The van der Waals surface area contributed by atoms with Crippen molar-refractivity contribution in [3.63, 3.8) is 0 Å². The standard InChI is InChI=1S/C17H16N2OS2/c1-12-5-3-4-6-15(12)16-18-19-17(20-16)22-11-13-7-9-14(21-2)10-8-13/h3-10H,11H2,1-2H3. The summed E-state index contributed by atoms with van der Waals surface area (Å²) in [5.41, 5.74) is 3.37. The summed E-state index contributed by atoms with van der Waals surface area (Å²) in [5.74, 6) is 1.41. The lowest BCUT2D eigenvalue weighted by Gasteiger charge is -2.00. The second kappa shape index (κ2) is 7.03. The second-order valence-electron chi connectivity index (χ2n) is 4.82. The molecule has 0 bridgehead atoms. The van der Waals surface area contributed by atoms with Crippen molar-refractivity contribution in [1.82, 2.24) is 10.2 Å². The average Bonchev–Trinajstić information content (AvgIpc) is 3.02. The van der Waals surface area contributed by atoms with Crippen molar-refractivity contribution >= 4 is 23.5 Å². The zero-order valence-electron chi connectivity index (χ0n) is 12.4. The maximum absolute atomic E-state index is 5.75. The molecule has 0 radical (unpaired) electrons. The summed E-state index contributed by atoms with van der Waals surface area (Å²) in [6, 6.07) is 16.6. The molecule has 0 saturated carbocycles. The van der Waals surface area contributed by atoms with Crippen LogP contribution in [-0.2, 0) is 5.75 Å². The molecule has 1 aromatic heterocycles. The highest BCUT2D eigenvalue weighted by Gasteiger charge is 2.10. The van der Waals surface area contributed by atoms with Gasteiger partial charge in [0, 0.05) is 16.2 Å². The Labute approximate surface area is 138 Å². The fourth-order valence-electron chi connectivity index (χ4n) is 2.06. The highest BCUT2D eigenvalue weighted by Crippen LogP contribution is 2.27. The molecule has 2 aromatic carbocycles. The minimum atomic E-state index is 0.582. The minimum absolute atomic E-state index is 0.582. The minimum Gasteiger partial charge on any atom is -0.411 e. The van der Waals surface area contributed by atoms with Gasteiger partial charge in [0.25, 0.3) is 5.22 Å². The lowest BCUT2D eigenvalue weighted by atomic mass is 10.1.